The number of rotatable bonds is 3. The highest BCUT2D eigenvalue weighted by Crippen LogP contribution is 2.43. The van der Waals surface area contributed by atoms with Crippen LogP contribution in [-0.4, -0.2) is 11.2 Å². The Hall–Kier alpha value is -2.24. The SMILES string of the molecule is Cc1cc(C/C=C(\c2cc(Cl)c(Cl)c(C(F)(F)F)c2)C(F)(F)F)cnc1C#N. The van der Waals surface area contributed by atoms with E-state index in [-0.39, 0.29) is 12.1 Å². The summed E-state index contributed by atoms with van der Waals surface area (Å²) in [5.74, 6) is 0. The van der Waals surface area contributed by atoms with E-state index in [9.17, 15) is 26.3 Å². The Kier molecular flexibility index (Phi) is 6.31. The second kappa shape index (κ2) is 8.02. The minimum absolute atomic E-state index is 0.128. The van der Waals surface area contributed by atoms with Crippen molar-refractivity contribution in [3.63, 3.8) is 0 Å². The van der Waals surface area contributed by atoms with Crippen molar-refractivity contribution in [2.45, 2.75) is 25.7 Å². The van der Waals surface area contributed by atoms with Gasteiger partial charge >= 0.3 is 12.4 Å². The van der Waals surface area contributed by atoms with Crippen LogP contribution >= 0.6 is 23.2 Å². The number of benzene rings is 1. The summed E-state index contributed by atoms with van der Waals surface area (Å²) in [4.78, 5) is 3.82. The molecule has 0 atom stereocenters. The van der Waals surface area contributed by atoms with Crippen LogP contribution in [0.25, 0.3) is 5.57 Å². The van der Waals surface area contributed by atoms with Crippen molar-refractivity contribution in [2.75, 3.05) is 0 Å². The number of allylic oxidation sites excluding steroid dienone is 2. The summed E-state index contributed by atoms with van der Waals surface area (Å²) in [5.41, 5.74) is -2.55. The molecule has 1 heterocycles. The van der Waals surface area contributed by atoms with Crippen molar-refractivity contribution < 1.29 is 26.3 Å². The first kappa shape index (κ1) is 22.1. The first-order valence-electron chi connectivity index (χ1n) is 7.54. The van der Waals surface area contributed by atoms with Gasteiger partial charge in [0.2, 0.25) is 0 Å². The quantitative estimate of drug-likeness (QED) is 0.495. The zero-order chi connectivity index (χ0) is 21.3. The van der Waals surface area contributed by atoms with Gasteiger partial charge in [-0.3, -0.25) is 0 Å². The number of pyridine rings is 1. The van der Waals surface area contributed by atoms with Crippen molar-refractivity contribution in [1.29, 1.82) is 5.26 Å². The third-order valence-electron chi connectivity index (χ3n) is 3.73. The Labute approximate surface area is 166 Å². The molecule has 0 aliphatic heterocycles. The molecule has 2 nitrogen and oxygen atoms in total. The van der Waals surface area contributed by atoms with Gasteiger partial charge in [-0.15, -0.1) is 0 Å². The summed E-state index contributed by atoms with van der Waals surface area (Å²) in [6.07, 6.45) is -8.21. The summed E-state index contributed by atoms with van der Waals surface area (Å²) in [6.45, 7) is 1.57. The number of aromatic nitrogens is 1. The Balaban J connectivity index is 2.54. The first-order valence-corrected chi connectivity index (χ1v) is 8.29. The molecule has 0 spiro atoms. The van der Waals surface area contributed by atoms with E-state index in [2.05, 4.69) is 4.98 Å². The first-order chi connectivity index (χ1) is 12.8. The van der Waals surface area contributed by atoms with E-state index in [1.54, 1.807) is 6.92 Å². The van der Waals surface area contributed by atoms with Crippen LogP contribution in [0, 0.1) is 18.3 Å². The maximum absolute atomic E-state index is 13.5. The molecule has 0 radical (unpaired) electrons. The van der Waals surface area contributed by atoms with Crippen molar-refractivity contribution in [2.24, 2.45) is 0 Å². The van der Waals surface area contributed by atoms with E-state index in [1.165, 1.54) is 12.3 Å². The Morgan fingerprint density at radius 2 is 1.79 bits per heavy atom. The topological polar surface area (TPSA) is 36.7 Å². The molecule has 1 aromatic carbocycles. The lowest BCUT2D eigenvalue weighted by Crippen LogP contribution is -2.13. The highest BCUT2D eigenvalue weighted by Gasteiger charge is 2.39. The minimum Gasteiger partial charge on any atom is -0.245 e. The van der Waals surface area contributed by atoms with Gasteiger partial charge in [0.1, 0.15) is 11.8 Å². The smallest absolute Gasteiger partial charge is 0.245 e. The van der Waals surface area contributed by atoms with Gasteiger partial charge in [-0.1, -0.05) is 35.3 Å². The number of nitriles is 1. The highest BCUT2D eigenvalue weighted by molar-refractivity contribution is 6.42. The third kappa shape index (κ3) is 4.97. The Morgan fingerprint density at radius 3 is 2.29 bits per heavy atom. The number of hydrogen-bond acceptors (Lipinski definition) is 2. The molecule has 0 unspecified atom stereocenters. The summed E-state index contributed by atoms with van der Waals surface area (Å²) in [6, 6.07) is 4.36. The second-order valence-electron chi connectivity index (χ2n) is 5.76. The zero-order valence-electron chi connectivity index (χ0n) is 14.0. The lowest BCUT2D eigenvalue weighted by atomic mass is 9.99. The lowest BCUT2D eigenvalue weighted by molar-refractivity contribution is -0.137. The minimum atomic E-state index is -4.97. The van der Waals surface area contributed by atoms with Crippen LogP contribution in [0.4, 0.5) is 26.3 Å². The van der Waals surface area contributed by atoms with Gasteiger partial charge < -0.3 is 0 Å². The van der Waals surface area contributed by atoms with Crippen LogP contribution in [0.2, 0.25) is 10.0 Å². The van der Waals surface area contributed by atoms with Crippen LogP contribution in [0.1, 0.15) is 27.9 Å². The monoisotopic (exact) mass is 438 g/mol. The molecule has 0 amide bonds. The van der Waals surface area contributed by atoms with Gasteiger partial charge in [0.25, 0.3) is 0 Å². The van der Waals surface area contributed by atoms with Crippen LogP contribution in [0.3, 0.4) is 0 Å². The third-order valence-corrected chi connectivity index (χ3v) is 4.53. The average molecular weight is 439 g/mol. The van der Waals surface area contributed by atoms with Gasteiger partial charge in [0.15, 0.2) is 0 Å². The van der Waals surface area contributed by atoms with Gasteiger partial charge in [0.05, 0.1) is 21.2 Å². The summed E-state index contributed by atoms with van der Waals surface area (Å²) < 4.78 is 79.6. The predicted octanol–water partition coefficient (Wildman–Crippen LogP) is 6.78. The molecular formula is C18H10Cl2F6N2. The molecule has 2 aromatic rings. The fraction of sp³-hybridized carbons (Fsp3) is 0.222. The maximum Gasteiger partial charge on any atom is 0.417 e. The van der Waals surface area contributed by atoms with Gasteiger partial charge in [-0.25, -0.2) is 4.98 Å². The largest absolute Gasteiger partial charge is 0.417 e. The molecule has 0 fully saturated rings. The molecule has 148 valence electrons. The molecule has 10 heteroatoms. The summed E-state index contributed by atoms with van der Waals surface area (Å²) in [5, 5.41) is 7.32. The molecule has 1 aromatic heterocycles. The molecule has 0 bridgehead atoms. The molecule has 0 aliphatic rings. The highest BCUT2D eigenvalue weighted by atomic mass is 35.5. The number of aryl methyl sites for hydroxylation is 1. The van der Waals surface area contributed by atoms with Crippen LogP contribution in [0.15, 0.2) is 30.5 Å². The molecule has 2 rings (SSSR count). The summed E-state index contributed by atoms with van der Waals surface area (Å²) >= 11 is 11.1. The van der Waals surface area contributed by atoms with E-state index in [0.29, 0.717) is 17.2 Å². The van der Waals surface area contributed by atoms with E-state index in [1.807, 2.05) is 6.07 Å². The van der Waals surface area contributed by atoms with Crippen molar-refractivity contribution in [3.8, 4) is 6.07 Å². The zero-order valence-corrected chi connectivity index (χ0v) is 15.5. The van der Waals surface area contributed by atoms with E-state index < -0.39 is 39.1 Å². The summed E-state index contributed by atoms with van der Waals surface area (Å²) in [7, 11) is 0. The molecule has 0 N–H and O–H groups in total. The van der Waals surface area contributed by atoms with Gasteiger partial charge in [-0.2, -0.15) is 31.6 Å². The van der Waals surface area contributed by atoms with Crippen molar-refractivity contribution >= 4 is 28.8 Å². The van der Waals surface area contributed by atoms with Crippen LogP contribution in [0.5, 0.6) is 0 Å². The molecule has 28 heavy (non-hydrogen) atoms. The average Bonchev–Trinajstić information content (AvgIpc) is 2.55. The van der Waals surface area contributed by atoms with E-state index >= 15 is 0 Å². The van der Waals surface area contributed by atoms with Gasteiger partial charge in [-0.05, 0) is 42.2 Å². The molecule has 0 aliphatic carbocycles. The van der Waals surface area contributed by atoms with Crippen LogP contribution < -0.4 is 0 Å². The Bertz CT molecular complexity index is 972. The second-order valence-corrected chi connectivity index (χ2v) is 6.54. The van der Waals surface area contributed by atoms with Gasteiger partial charge in [0, 0.05) is 6.20 Å². The maximum atomic E-state index is 13.5. The fourth-order valence-electron chi connectivity index (χ4n) is 2.43. The number of nitrogens with zero attached hydrogens (tertiary/aromatic N) is 2. The number of halogens is 8. The number of alkyl halides is 6. The predicted molar refractivity (Wildman–Crippen MR) is 92.9 cm³/mol. The Morgan fingerprint density at radius 1 is 1.14 bits per heavy atom. The molecular weight excluding hydrogens is 429 g/mol. The lowest BCUT2D eigenvalue weighted by Gasteiger charge is -2.17. The van der Waals surface area contributed by atoms with Crippen molar-refractivity contribution in [3.05, 3.63) is 68.5 Å². The van der Waals surface area contributed by atoms with E-state index in [4.69, 9.17) is 28.5 Å². The van der Waals surface area contributed by atoms with E-state index in [0.717, 1.165) is 12.1 Å². The fourth-order valence-corrected chi connectivity index (χ4v) is 2.87. The van der Waals surface area contributed by atoms with Crippen LogP contribution in [-0.2, 0) is 12.6 Å². The normalized spacial score (nSPS) is 12.8. The molecule has 0 saturated heterocycles. The number of hydrogen-bond donors (Lipinski definition) is 0. The standard InChI is InChI=1S/C18H10Cl2F6N2/c1-9-4-10(8-28-15(9)7-27)2-3-12(17(21,22)23)11-5-13(18(24,25)26)16(20)14(19)6-11/h3-6,8H,2H2,1H3/b12-3+. The van der Waals surface area contributed by atoms with Crippen molar-refractivity contribution in [1.82, 2.24) is 4.98 Å². The molecule has 0 saturated carbocycles.